The number of ether oxygens (including phenoxy) is 1. The molecule has 2 aliphatic heterocycles. The Morgan fingerprint density at radius 3 is 2.71 bits per heavy atom. The largest absolute Gasteiger partial charge is 0.376 e. The molecule has 0 bridgehead atoms. The van der Waals surface area contributed by atoms with Gasteiger partial charge in [-0.2, -0.15) is 0 Å². The standard InChI is InChI=1S/C19H21Cl2N3O2S2/c20-12-3-4-14-15(10-12)28-17(16(14)21)18(25)23-5-7-24(8-6-23)19(27)22-11-13-2-1-9-26-13/h3-4,10,13H,1-2,5-9,11H2,(H,22,27)/t13-/m1/s1. The van der Waals surface area contributed by atoms with Gasteiger partial charge in [-0.1, -0.05) is 29.3 Å². The van der Waals surface area contributed by atoms with Gasteiger partial charge in [0.05, 0.1) is 11.1 Å². The van der Waals surface area contributed by atoms with Crippen LogP contribution in [-0.4, -0.2) is 66.3 Å². The van der Waals surface area contributed by atoms with Crippen molar-refractivity contribution in [1.82, 2.24) is 15.1 Å². The summed E-state index contributed by atoms with van der Waals surface area (Å²) in [5, 5.41) is 6.06. The van der Waals surface area contributed by atoms with Gasteiger partial charge in [-0.25, -0.2) is 0 Å². The Bertz CT molecular complexity index is 891. The number of hydrogen-bond donors (Lipinski definition) is 1. The number of benzene rings is 1. The van der Waals surface area contributed by atoms with Crippen LogP contribution in [0.2, 0.25) is 10.0 Å². The first-order valence-corrected chi connectivity index (χ1v) is 11.3. The number of thiophene rings is 1. The van der Waals surface area contributed by atoms with Crippen molar-refractivity contribution in [3.05, 3.63) is 33.1 Å². The second-order valence-electron chi connectivity index (χ2n) is 6.99. The van der Waals surface area contributed by atoms with E-state index in [2.05, 4.69) is 10.2 Å². The zero-order chi connectivity index (χ0) is 19.7. The number of amides is 1. The van der Waals surface area contributed by atoms with E-state index in [1.165, 1.54) is 11.3 Å². The van der Waals surface area contributed by atoms with Crippen LogP contribution in [0, 0.1) is 0 Å². The Morgan fingerprint density at radius 1 is 1.25 bits per heavy atom. The van der Waals surface area contributed by atoms with Crippen LogP contribution in [0.25, 0.3) is 10.1 Å². The molecule has 5 nitrogen and oxygen atoms in total. The highest BCUT2D eigenvalue weighted by Gasteiger charge is 2.27. The number of nitrogens with zero attached hydrogens (tertiary/aromatic N) is 2. The van der Waals surface area contributed by atoms with Crippen LogP contribution in [0.1, 0.15) is 22.5 Å². The number of piperazine rings is 1. The summed E-state index contributed by atoms with van der Waals surface area (Å²) in [6.07, 6.45) is 2.45. The molecule has 0 saturated carbocycles. The van der Waals surface area contributed by atoms with E-state index in [4.69, 9.17) is 40.2 Å². The van der Waals surface area contributed by atoms with Gasteiger partial charge in [0, 0.05) is 54.4 Å². The summed E-state index contributed by atoms with van der Waals surface area (Å²) in [4.78, 5) is 17.5. The third-order valence-electron chi connectivity index (χ3n) is 5.14. The predicted molar refractivity (Wildman–Crippen MR) is 119 cm³/mol. The van der Waals surface area contributed by atoms with Gasteiger partial charge in [0.2, 0.25) is 0 Å². The molecule has 2 fully saturated rings. The van der Waals surface area contributed by atoms with Gasteiger partial charge in [-0.15, -0.1) is 11.3 Å². The van der Waals surface area contributed by atoms with Gasteiger partial charge in [0.15, 0.2) is 5.11 Å². The van der Waals surface area contributed by atoms with Crippen molar-refractivity contribution in [2.24, 2.45) is 0 Å². The van der Waals surface area contributed by atoms with Crippen LogP contribution in [0.15, 0.2) is 18.2 Å². The summed E-state index contributed by atoms with van der Waals surface area (Å²) in [5.41, 5.74) is 0. The average molecular weight is 458 g/mol. The fraction of sp³-hybridized carbons (Fsp3) is 0.474. The minimum absolute atomic E-state index is 0.0276. The highest BCUT2D eigenvalue weighted by molar-refractivity contribution is 7.80. The zero-order valence-electron chi connectivity index (χ0n) is 15.2. The van der Waals surface area contributed by atoms with E-state index < -0.39 is 0 Å². The second kappa shape index (κ2) is 8.71. The molecule has 2 aromatic rings. The van der Waals surface area contributed by atoms with Crippen molar-refractivity contribution in [3.8, 4) is 0 Å². The Kier molecular flexibility index (Phi) is 6.27. The fourth-order valence-electron chi connectivity index (χ4n) is 3.55. The molecule has 0 spiro atoms. The monoisotopic (exact) mass is 457 g/mol. The van der Waals surface area contributed by atoms with Gasteiger partial charge < -0.3 is 19.9 Å². The number of nitrogens with one attached hydrogen (secondary N) is 1. The van der Waals surface area contributed by atoms with E-state index in [1.54, 1.807) is 6.07 Å². The fourth-order valence-corrected chi connectivity index (χ4v) is 5.57. The average Bonchev–Trinajstić information content (AvgIpc) is 3.33. The van der Waals surface area contributed by atoms with Crippen LogP contribution in [0.3, 0.4) is 0 Å². The molecule has 1 atom stereocenters. The molecule has 2 saturated heterocycles. The summed E-state index contributed by atoms with van der Waals surface area (Å²) >= 11 is 19.4. The first-order chi connectivity index (χ1) is 13.5. The van der Waals surface area contributed by atoms with Gasteiger partial charge in [-0.05, 0) is 37.2 Å². The van der Waals surface area contributed by atoms with Gasteiger partial charge >= 0.3 is 0 Å². The van der Waals surface area contributed by atoms with E-state index in [1.807, 2.05) is 17.0 Å². The molecule has 1 amide bonds. The van der Waals surface area contributed by atoms with E-state index in [-0.39, 0.29) is 12.0 Å². The Labute approximate surface area is 183 Å². The van der Waals surface area contributed by atoms with Crippen molar-refractivity contribution >= 4 is 67.9 Å². The lowest BCUT2D eigenvalue weighted by Crippen LogP contribution is -2.53. The van der Waals surface area contributed by atoms with E-state index in [0.29, 0.717) is 41.1 Å². The molecule has 4 rings (SSSR count). The first-order valence-electron chi connectivity index (χ1n) is 9.34. The van der Waals surface area contributed by atoms with Crippen molar-refractivity contribution in [1.29, 1.82) is 0 Å². The number of thiocarbonyl (C=S) groups is 1. The highest BCUT2D eigenvalue weighted by atomic mass is 35.5. The molecular weight excluding hydrogens is 437 g/mol. The molecular formula is C19H21Cl2N3O2S2. The van der Waals surface area contributed by atoms with Crippen molar-refractivity contribution in [2.45, 2.75) is 18.9 Å². The topological polar surface area (TPSA) is 44.8 Å². The molecule has 9 heteroatoms. The van der Waals surface area contributed by atoms with Crippen LogP contribution >= 0.6 is 46.8 Å². The maximum Gasteiger partial charge on any atom is 0.265 e. The molecule has 0 radical (unpaired) electrons. The van der Waals surface area contributed by atoms with Gasteiger partial charge in [-0.3, -0.25) is 4.79 Å². The normalized spacial score (nSPS) is 20.0. The summed E-state index contributed by atoms with van der Waals surface area (Å²) < 4.78 is 6.55. The smallest absolute Gasteiger partial charge is 0.265 e. The van der Waals surface area contributed by atoms with Crippen LogP contribution in [-0.2, 0) is 4.74 Å². The molecule has 1 aromatic carbocycles. The molecule has 2 aliphatic rings. The second-order valence-corrected chi connectivity index (χ2v) is 9.24. The third kappa shape index (κ3) is 4.24. The minimum atomic E-state index is -0.0276. The predicted octanol–water partition coefficient (Wildman–Crippen LogP) is 4.02. The zero-order valence-corrected chi connectivity index (χ0v) is 18.4. The first kappa shape index (κ1) is 20.2. The van der Waals surface area contributed by atoms with Gasteiger partial charge in [0.1, 0.15) is 4.88 Å². The molecule has 0 aliphatic carbocycles. The summed E-state index contributed by atoms with van der Waals surface area (Å²) in [6, 6.07) is 5.50. The number of carbonyl (C=O) groups is 1. The number of rotatable bonds is 3. The number of carbonyl (C=O) groups excluding carboxylic acids is 1. The lowest BCUT2D eigenvalue weighted by Gasteiger charge is -2.36. The molecule has 3 heterocycles. The van der Waals surface area contributed by atoms with Gasteiger partial charge in [0.25, 0.3) is 5.91 Å². The lowest BCUT2D eigenvalue weighted by molar-refractivity contribution is 0.0695. The van der Waals surface area contributed by atoms with Crippen LogP contribution in [0.4, 0.5) is 0 Å². The van der Waals surface area contributed by atoms with Crippen LogP contribution < -0.4 is 5.32 Å². The maximum absolute atomic E-state index is 13.0. The SMILES string of the molecule is O=C(c1sc2cc(Cl)ccc2c1Cl)N1CCN(C(=S)NC[C@H]2CCCO2)CC1. The molecule has 0 unspecified atom stereocenters. The third-order valence-corrected chi connectivity index (χ3v) is 7.43. The number of fused-ring (bicyclic) bond motifs is 1. The van der Waals surface area contributed by atoms with Crippen molar-refractivity contribution in [2.75, 3.05) is 39.3 Å². The summed E-state index contributed by atoms with van der Waals surface area (Å²) in [7, 11) is 0. The highest BCUT2D eigenvalue weighted by Crippen LogP contribution is 2.37. The molecule has 28 heavy (non-hydrogen) atoms. The molecule has 150 valence electrons. The summed E-state index contributed by atoms with van der Waals surface area (Å²) in [6.45, 7) is 4.23. The Hall–Kier alpha value is -1.12. The quantitative estimate of drug-likeness (QED) is 0.705. The van der Waals surface area contributed by atoms with Crippen molar-refractivity contribution in [3.63, 3.8) is 0 Å². The number of halogens is 2. The maximum atomic E-state index is 13.0. The van der Waals surface area contributed by atoms with E-state index >= 15 is 0 Å². The Morgan fingerprint density at radius 2 is 2.00 bits per heavy atom. The van der Waals surface area contributed by atoms with E-state index in [0.717, 1.165) is 41.2 Å². The minimum Gasteiger partial charge on any atom is -0.376 e. The Balaban J connectivity index is 1.35. The lowest BCUT2D eigenvalue weighted by atomic mass is 10.2. The molecule has 1 N–H and O–H groups in total. The van der Waals surface area contributed by atoms with E-state index in [9.17, 15) is 4.79 Å². The van der Waals surface area contributed by atoms with Crippen molar-refractivity contribution < 1.29 is 9.53 Å². The summed E-state index contributed by atoms with van der Waals surface area (Å²) in [5.74, 6) is -0.0276. The number of hydrogen-bond acceptors (Lipinski definition) is 4. The van der Waals surface area contributed by atoms with Crippen LogP contribution in [0.5, 0.6) is 0 Å². The molecule has 1 aromatic heterocycles.